The molecule has 0 saturated carbocycles. The quantitative estimate of drug-likeness (QED) is 0.223. The van der Waals surface area contributed by atoms with Crippen molar-refractivity contribution >= 4 is 35.8 Å². The fourth-order valence-electron chi connectivity index (χ4n) is 2.80. The number of nitrogens with zero attached hydrogens (tertiary/aromatic N) is 3. The maximum Gasteiger partial charge on any atom is 0.401 e. The molecule has 1 aromatic heterocycles. The van der Waals surface area contributed by atoms with E-state index in [0.29, 0.717) is 50.7 Å². The van der Waals surface area contributed by atoms with Crippen LogP contribution in [0.4, 0.5) is 13.2 Å². The number of alkyl halides is 3. The lowest BCUT2D eigenvalue weighted by molar-refractivity contribution is -0.143. The van der Waals surface area contributed by atoms with E-state index in [0.717, 1.165) is 0 Å². The van der Waals surface area contributed by atoms with E-state index in [4.69, 9.17) is 0 Å². The van der Waals surface area contributed by atoms with Crippen LogP contribution in [0.5, 0.6) is 0 Å². The fraction of sp³-hybridized carbons (Fsp3) is 0.588. The van der Waals surface area contributed by atoms with E-state index in [-0.39, 0.29) is 35.9 Å². The Kier molecular flexibility index (Phi) is 10.5. The van der Waals surface area contributed by atoms with Crippen LogP contribution in [-0.4, -0.2) is 73.2 Å². The van der Waals surface area contributed by atoms with E-state index in [2.05, 4.69) is 25.9 Å². The fourth-order valence-corrected chi connectivity index (χ4v) is 2.80. The predicted octanol–water partition coefficient (Wildman–Crippen LogP) is 1.62. The van der Waals surface area contributed by atoms with Gasteiger partial charge in [-0.05, 0) is 25.5 Å². The first-order valence-electron chi connectivity index (χ1n) is 8.89. The summed E-state index contributed by atoms with van der Waals surface area (Å²) in [6, 6.07) is 3.27. The third-order valence-corrected chi connectivity index (χ3v) is 3.95. The number of aliphatic imine (C=N–C) groups is 1. The van der Waals surface area contributed by atoms with Crippen molar-refractivity contribution < 1.29 is 18.0 Å². The van der Waals surface area contributed by atoms with Crippen molar-refractivity contribution in [2.24, 2.45) is 4.99 Å². The Hall–Kier alpha value is -1.63. The van der Waals surface area contributed by atoms with Gasteiger partial charge in [-0.3, -0.25) is 19.7 Å². The second-order valence-electron chi connectivity index (χ2n) is 6.24. The van der Waals surface area contributed by atoms with Gasteiger partial charge in [-0.2, -0.15) is 13.2 Å². The Morgan fingerprint density at radius 1 is 1.39 bits per heavy atom. The number of halogens is 4. The lowest BCUT2D eigenvalue weighted by atomic mass is 10.3. The first-order valence-corrected chi connectivity index (χ1v) is 8.89. The van der Waals surface area contributed by atoms with Crippen LogP contribution < -0.4 is 16.0 Å². The summed E-state index contributed by atoms with van der Waals surface area (Å²) in [5.74, 6) is 0.307. The van der Waals surface area contributed by atoms with Gasteiger partial charge in [-0.25, -0.2) is 0 Å². The zero-order valence-electron chi connectivity index (χ0n) is 15.6. The van der Waals surface area contributed by atoms with Crippen molar-refractivity contribution in [2.75, 3.05) is 39.3 Å². The van der Waals surface area contributed by atoms with Gasteiger partial charge < -0.3 is 16.0 Å². The van der Waals surface area contributed by atoms with Crippen molar-refractivity contribution in [3.8, 4) is 0 Å². The van der Waals surface area contributed by atoms with Crippen LogP contribution in [0.15, 0.2) is 29.5 Å². The first kappa shape index (κ1) is 24.4. The molecule has 1 fully saturated rings. The van der Waals surface area contributed by atoms with Gasteiger partial charge in [0.1, 0.15) is 0 Å². The zero-order valence-corrected chi connectivity index (χ0v) is 18.0. The molecule has 28 heavy (non-hydrogen) atoms. The summed E-state index contributed by atoms with van der Waals surface area (Å²) in [5, 5.41) is 8.98. The molecular formula is C17H26F3IN6O. The maximum absolute atomic E-state index is 12.5. The number of rotatable bonds is 7. The van der Waals surface area contributed by atoms with Gasteiger partial charge in [-0.1, -0.05) is 0 Å². The van der Waals surface area contributed by atoms with Gasteiger partial charge in [0.15, 0.2) is 5.96 Å². The van der Waals surface area contributed by atoms with Gasteiger partial charge in [0.25, 0.3) is 5.91 Å². The number of guanidine groups is 1. The molecule has 1 aliphatic rings. The standard InChI is InChI=1S/C17H25F3N6O.HI/c1-2-22-16(25-14-5-9-26(11-14)12-17(18,19)20)24-8-7-23-15(27)13-4-3-6-21-10-13;/h3-4,6,10,14H,2,5,7-9,11-12H2,1H3,(H,23,27)(H2,22,24,25);1H. The molecule has 1 atom stereocenters. The molecule has 1 saturated heterocycles. The molecule has 7 nitrogen and oxygen atoms in total. The molecule has 0 spiro atoms. The number of aromatic nitrogens is 1. The summed E-state index contributed by atoms with van der Waals surface area (Å²) in [4.78, 5) is 21.6. The number of likely N-dealkylation sites (tertiary alicyclic amines) is 1. The molecule has 11 heteroatoms. The highest BCUT2D eigenvalue weighted by Crippen LogP contribution is 2.19. The topological polar surface area (TPSA) is 81.6 Å². The third-order valence-electron chi connectivity index (χ3n) is 3.95. The summed E-state index contributed by atoms with van der Waals surface area (Å²) in [5.41, 5.74) is 0.474. The second-order valence-corrected chi connectivity index (χ2v) is 6.24. The molecule has 1 aromatic rings. The molecule has 0 bridgehead atoms. The molecule has 0 aliphatic carbocycles. The molecule has 2 rings (SSSR count). The van der Waals surface area contributed by atoms with E-state index >= 15 is 0 Å². The van der Waals surface area contributed by atoms with Crippen LogP contribution in [0, 0.1) is 0 Å². The lowest BCUT2D eigenvalue weighted by Gasteiger charge is -2.19. The van der Waals surface area contributed by atoms with Crippen LogP contribution >= 0.6 is 24.0 Å². The van der Waals surface area contributed by atoms with Gasteiger partial charge in [0, 0.05) is 44.6 Å². The van der Waals surface area contributed by atoms with Crippen LogP contribution in [0.1, 0.15) is 23.7 Å². The van der Waals surface area contributed by atoms with Crippen molar-refractivity contribution in [1.82, 2.24) is 25.8 Å². The van der Waals surface area contributed by atoms with Gasteiger partial charge in [0.05, 0.1) is 18.7 Å². The molecule has 158 valence electrons. The Labute approximate surface area is 179 Å². The van der Waals surface area contributed by atoms with Crippen molar-refractivity contribution in [3.63, 3.8) is 0 Å². The Bertz CT molecular complexity index is 629. The van der Waals surface area contributed by atoms with E-state index < -0.39 is 12.7 Å². The van der Waals surface area contributed by atoms with Crippen LogP contribution in [0.25, 0.3) is 0 Å². The first-order chi connectivity index (χ1) is 12.9. The van der Waals surface area contributed by atoms with Gasteiger partial charge >= 0.3 is 6.18 Å². The van der Waals surface area contributed by atoms with Crippen molar-refractivity contribution in [3.05, 3.63) is 30.1 Å². The number of carbonyl (C=O) groups excluding carboxylic acids is 1. The van der Waals surface area contributed by atoms with E-state index in [9.17, 15) is 18.0 Å². The molecular weight excluding hydrogens is 488 g/mol. The highest BCUT2D eigenvalue weighted by molar-refractivity contribution is 14.0. The van der Waals surface area contributed by atoms with Crippen LogP contribution in [0.3, 0.4) is 0 Å². The summed E-state index contributed by atoms with van der Waals surface area (Å²) in [6.45, 7) is 3.06. The van der Waals surface area contributed by atoms with Crippen molar-refractivity contribution in [1.29, 1.82) is 0 Å². The Balaban J connectivity index is 0.00000392. The molecule has 0 aromatic carbocycles. The van der Waals surface area contributed by atoms with Crippen molar-refractivity contribution in [2.45, 2.75) is 25.6 Å². The van der Waals surface area contributed by atoms with Gasteiger partial charge in [-0.15, -0.1) is 24.0 Å². The van der Waals surface area contributed by atoms with E-state index in [1.807, 2.05) is 6.92 Å². The monoisotopic (exact) mass is 514 g/mol. The number of amides is 1. The predicted molar refractivity (Wildman–Crippen MR) is 112 cm³/mol. The normalized spacial score (nSPS) is 17.7. The molecule has 3 N–H and O–H groups in total. The number of carbonyl (C=O) groups is 1. The second kappa shape index (κ2) is 12.0. The Morgan fingerprint density at radius 2 is 2.18 bits per heavy atom. The summed E-state index contributed by atoms with van der Waals surface area (Å²) in [6.07, 6.45) is -0.483. The number of nitrogens with one attached hydrogen (secondary N) is 3. The molecule has 0 radical (unpaired) electrons. The smallest absolute Gasteiger partial charge is 0.357 e. The molecule has 2 heterocycles. The molecule has 1 aliphatic heterocycles. The summed E-state index contributed by atoms with van der Waals surface area (Å²) >= 11 is 0. The summed E-state index contributed by atoms with van der Waals surface area (Å²) in [7, 11) is 0. The number of hydrogen-bond donors (Lipinski definition) is 3. The average molecular weight is 514 g/mol. The molecule has 1 amide bonds. The minimum atomic E-state index is -4.18. The third kappa shape index (κ3) is 9.04. The lowest BCUT2D eigenvalue weighted by Crippen LogP contribution is -2.45. The largest absolute Gasteiger partial charge is 0.401 e. The van der Waals surface area contributed by atoms with E-state index in [1.54, 1.807) is 18.3 Å². The minimum absolute atomic E-state index is 0. The minimum Gasteiger partial charge on any atom is -0.357 e. The van der Waals surface area contributed by atoms with Crippen LogP contribution in [0.2, 0.25) is 0 Å². The summed E-state index contributed by atoms with van der Waals surface area (Å²) < 4.78 is 37.4. The van der Waals surface area contributed by atoms with Gasteiger partial charge in [0.2, 0.25) is 0 Å². The molecule has 1 unspecified atom stereocenters. The highest BCUT2D eigenvalue weighted by atomic mass is 127. The SMILES string of the molecule is CCNC(=NCCNC(=O)c1cccnc1)NC1CCN(CC(F)(F)F)C1.I. The zero-order chi connectivity index (χ0) is 19.7. The average Bonchev–Trinajstić information content (AvgIpc) is 3.04. The Morgan fingerprint density at radius 3 is 2.82 bits per heavy atom. The highest BCUT2D eigenvalue weighted by Gasteiger charge is 2.34. The number of hydrogen-bond acceptors (Lipinski definition) is 4. The number of pyridine rings is 1. The maximum atomic E-state index is 12.5. The van der Waals surface area contributed by atoms with Crippen LogP contribution in [-0.2, 0) is 0 Å². The van der Waals surface area contributed by atoms with E-state index in [1.165, 1.54) is 11.1 Å².